The molecule has 2 rings (SSSR count). The lowest BCUT2D eigenvalue weighted by molar-refractivity contribution is 0.0497. The van der Waals surface area contributed by atoms with Gasteiger partial charge in [-0.15, -0.1) is 0 Å². The van der Waals surface area contributed by atoms with E-state index in [0.717, 1.165) is 37.9 Å². The van der Waals surface area contributed by atoms with Gasteiger partial charge in [-0.1, -0.05) is 6.07 Å². The number of halogens is 1. The van der Waals surface area contributed by atoms with Crippen LogP contribution in [0.5, 0.6) is 0 Å². The fraction of sp³-hybridized carbons (Fsp3) is 0.625. The first-order valence-electron chi connectivity index (χ1n) is 7.41. The Bertz CT molecular complexity index is 430. The van der Waals surface area contributed by atoms with E-state index in [9.17, 15) is 4.39 Å². The van der Waals surface area contributed by atoms with Gasteiger partial charge in [-0.3, -0.25) is 0 Å². The largest absolute Gasteiger partial charge is 0.381 e. The lowest BCUT2D eigenvalue weighted by Crippen LogP contribution is -2.56. The van der Waals surface area contributed by atoms with Crippen LogP contribution < -0.4 is 10.6 Å². The van der Waals surface area contributed by atoms with Crippen LogP contribution in [0.3, 0.4) is 0 Å². The Balaban J connectivity index is 2.24. The minimum atomic E-state index is -0.196. The van der Waals surface area contributed by atoms with Gasteiger partial charge in [0.25, 0.3) is 0 Å². The molecule has 0 heterocycles. The van der Waals surface area contributed by atoms with Gasteiger partial charge in [0.05, 0.1) is 11.6 Å². The number of benzene rings is 1. The first-order chi connectivity index (χ1) is 9.65. The first-order valence-corrected chi connectivity index (χ1v) is 7.41. The standard InChI is InChI=1S/C16H25FN2O/c1-3-19(14-6-4-5-13(17)11-14)16(12-18)9-7-15(20-2)8-10-16/h4-6,11,15H,3,7-10,12,18H2,1-2H3. The summed E-state index contributed by atoms with van der Waals surface area (Å²) in [7, 11) is 1.77. The third-order valence-electron chi connectivity index (χ3n) is 4.59. The highest BCUT2D eigenvalue weighted by Gasteiger charge is 2.39. The molecule has 1 fully saturated rings. The van der Waals surface area contributed by atoms with Crippen molar-refractivity contribution in [1.29, 1.82) is 0 Å². The summed E-state index contributed by atoms with van der Waals surface area (Å²) in [6, 6.07) is 6.81. The van der Waals surface area contributed by atoms with Crippen LogP contribution in [-0.4, -0.2) is 31.8 Å². The van der Waals surface area contributed by atoms with Crippen molar-refractivity contribution in [2.75, 3.05) is 25.1 Å². The summed E-state index contributed by atoms with van der Waals surface area (Å²) in [6.45, 7) is 3.52. The highest BCUT2D eigenvalue weighted by atomic mass is 19.1. The minimum absolute atomic E-state index is 0.0719. The summed E-state index contributed by atoms with van der Waals surface area (Å²) in [5.41, 5.74) is 6.95. The van der Waals surface area contributed by atoms with E-state index >= 15 is 0 Å². The lowest BCUT2D eigenvalue weighted by atomic mass is 9.78. The van der Waals surface area contributed by atoms with Crippen LogP contribution in [-0.2, 0) is 4.74 Å². The van der Waals surface area contributed by atoms with E-state index in [2.05, 4.69) is 11.8 Å². The summed E-state index contributed by atoms with van der Waals surface area (Å²) in [4.78, 5) is 2.27. The third-order valence-corrected chi connectivity index (χ3v) is 4.59. The number of hydrogen-bond donors (Lipinski definition) is 1. The molecular weight excluding hydrogens is 255 g/mol. The summed E-state index contributed by atoms with van der Waals surface area (Å²) in [5, 5.41) is 0. The topological polar surface area (TPSA) is 38.5 Å². The van der Waals surface area contributed by atoms with Crippen molar-refractivity contribution < 1.29 is 9.13 Å². The molecule has 3 nitrogen and oxygen atoms in total. The minimum Gasteiger partial charge on any atom is -0.381 e. The molecule has 0 atom stereocenters. The molecule has 112 valence electrons. The van der Waals surface area contributed by atoms with Gasteiger partial charge in [0.15, 0.2) is 0 Å². The molecule has 0 bridgehead atoms. The van der Waals surface area contributed by atoms with Crippen LogP contribution in [0.4, 0.5) is 10.1 Å². The number of likely N-dealkylation sites (N-methyl/N-ethyl adjacent to an activating group) is 1. The molecule has 0 spiro atoms. The maximum absolute atomic E-state index is 13.5. The van der Waals surface area contributed by atoms with Gasteiger partial charge in [0, 0.05) is 25.9 Å². The zero-order valence-electron chi connectivity index (χ0n) is 12.4. The van der Waals surface area contributed by atoms with Crippen molar-refractivity contribution in [1.82, 2.24) is 0 Å². The molecule has 1 aliphatic carbocycles. The van der Waals surface area contributed by atoms with Gasteiger partial charge in [-0.25, -0.2) is 4.39 Å². The third kappa shape index (κ3) is 2.96. The SMILES string of the molecule is CCN(c1cccc(F)c1)C1(CN)CCC(OC)CC1. The summed E-state index contributed by atoms with van der Waals surface area (Å²) < 4.78 is 18.9. The van der Waals surface area contributed by atoms with E-state index in [1.54, 1.807) is 19.2 Å². The Morgan fingerprint density at radius 2 is 2.10 bits per heavy atom. The summed E-state index contributed by atoms with van der Waals surface area (Å²) in [5.74, 6) is -0.196. The Morgan fingerprint density at radius 3 is 2.60 bits per heavy atom. The summed E-state index contributed by atoms with van der Waals surface area (Å²) >= 11 is 0. The van der Waals surface area contributed by atoms with Gasteiger partial charge < -0.3 is 15.4 Å². The smallest absolute Gasteiger partial charge is 0.125 e. The molecule has 20 heavy (non-hydrogen) atoms. The molecule has 1 saturated carbocycles. The van der Waals surface area contributed by atoms with Crippen molar-refractivity contribution in [3.8, 4) is 0 Å². The fourth-order valence-electron chi connectivity index (χ4n) is 3.38. The second kappa shape index (κ2) is 6.55. The molecule has 1 aliphatic rings. The Kier molecular flexibility index (Phi) is 5.00. The average molecular weight is 280 g/mol. The van der Waals surface area contributed by atoms with E-state index in [1.807, 2.05) is 6.07 Å². The van der Waals surface area contributed by atoms with Crippen LogP contribution >= 0.6 is 0 Å². The molecule has 0 aromatic heterocycles. The van der Waals surface area contributed by atoms with Crippen molar-refractivity contribution in [3.05, 3.63) is 30.1 Å². The fourth-order valence-corrected chi connectivity index (χ4v) is 3.38. The van der Waals surface area contributed by atoms with Crippen molar-refractivity contribution in [3.63, 3.8) is 0 Å². The van der Waals surface area contributed by atoms with E-state index in [-0.39, 0.29) is 11.4 Å². The maximum atomic E-state index is 13.5. The number of methoxy groups -OCH3 is 1. The molecule has 0 radical (unpaired) electrons. The van der Waals surface area contributed by atoms with Gasteiger partial charge >= 0.3 is 0 Å². The molecule has 2 N–H and O–H groups in total. The monoisotopic (exact) mass is 280 g/mol. The van der Waals surface area contributed by atoms with E-state index in [4.69, 9.17) is 10.5 Å². The normalized spacial score (nSPS) is 26.5. The van der Waals surface area contributed by atoms with Crippen LogP contribution in [0.2, 0.25) is 0 Å². The average Bonchev–Trinajstić information content (AvgIpc) is 2.48. The van der Waals surface area contributed by atoms with Crippen LogP contribution in [0.15, 0.2) is 24.3 Å². The molecule has 0 aliphatic heterocycles. The quantitative estimate of drug-likeness (QED) is 0.901. The predicted molar refractivity (Wildman–Crippen MR) is 80.5 cm³/mol. The number of anilines is 1. The summed E-state index contributed by atoms with van der Waals surface area (Å²) in [6.07, 6.45) is 4.35. The van der Waals surface area contributed by atoms with Gasteiger partial charge in [-0.2, -0.15) is 0 Å². The van der Waals surface area contributed by atoms with E-state index in [1.165, 1.54) is 6.07 Å². The Morgan fingerprint density at radius 1 is 1.40 bits per heavy atom. The molecule has 1 aromatic carbocycles. The van der Waals surface area contributed by atoms with Crippen LogP contribution in [0.25, 0.3) is 0 Å². The van der Waals surface area contributed by atoms with Crippen molar-refractivity contribution >= 4 is 5.69 Å². The second-order valence-electron chi connectivity index (χ2n) is 5.59. The molecular formula is C16H25FN2O. The lowest BCUT2D eigenvalue weighted by Gasteiger charge is -2.48. The van der Waals surface area contributed by atoms with Crippen LogP contribution in [0.1, 0.15) is 32.6 Å². The van der Waals surface area contributed by atoms with Gasteiger partial charge in [-0.05, 0) is 50.8 Å². The van der Waals surface area contributed by atoms with Crippen molar-refractivity contribution in [2.24, 2.45) is 5.73 Å². The number of hydrogen-bond acceptors (Lipinski definition) is 3. The zero-order chi connectivity index (χ0) is 14.6. The number of nitrogens with zero attached hydrogens (tertiary/aromatic N) is 1. The molecule has 0 amide bonds. The Labute approximate surface area is 120 Å². The van der Waals surface area contributed by atoms with Crippen LogP contribution in [0, 0.1) is 5.82 Å². The number of ether oxygens (including phenoxy) is 1. The van der Waals surface area contributed by atoms with Crippen molar-refractivity contribution in [2.45, 2.75) is 44.2 Å². The molecule has 1 aromatic rings. The second-order valence-corrected chi connectivity index (χ2v) is 5.59. The Hall–Kier alpha value is -1.13. The molecule has 4 heteroatoms. The van der Waals surface area contributed by atoms with Gasteiger partial charge in [0.2, 0.25) is 0 Å². The zero-order valence-corrected chi connectivity index (χ0v) is 12.4. The first kappa shape index (κ1) is 15.3. The highest BCUT2D eigenvalue weighted by Crippen LogP contribution is 2.37. The van der Waals surface area contributed by atoms with Gasteiger partial charge in [0.1, 0.15) is 5.82 Å². The van der Waals surface area contributed by atoms with E-state index in [0.29, 0.717) is 12.6 Å². The number of rotatable bonds is 5. The molecule has 0 unspecified atom stereocenters. The maximum Gasteiger partial charge on any atom is 0.125 e. The molecule has 0 saturated heterocycles. The predicted octanol–water partition coefficient (Wildman–Crippen LogP) is 2.94. The highest BCUT2D eigenvalue weighted by molar-refractivity contribution is 5.49. The number of nitrogens with two attached hydrogens (primary N) is 1. The van der Waals surface area contributed by atoms with E-state index < -0.39 is 0 Å².